The van der Waals surface area contributed by atoms with Crippen LogP contribution in [0.3, 0.4) is 0 Å². The Morgan fingerprint density at radius 2 is 2.06 bits per heavy atom. The number of fused-ring (bicyclic) bond motifs is 2. The van der Waals surface area contributed by atoms with Crippen LogP contribution in [0.2, 0.25) is 0 Å². The molecule has 7 nitrogen and oxygen atoms in total. The standard InChI is InChI=1S/C26H25N7S/c1-5-16(15-33(3)4)14-17(6-2)19-9-10-20-23(28-19)24(32-31-20)26-29-22-18(21-8-7-13-34-21)11-12-27-25(22)30-26/h5-14H,1,15H2,2-4H3,(H,31,32)(H,27,29,30)/b16-14+,17-6+. The van der Waals surface area contributed by atoms with E-state index in [0.717, 1.165) is 50.4 Å². The zero-order valence-electron chi connectivity index (χ0n) is 19.3. The number of nitrogens with zero attached hydrogens (tertiary/aromatic N) is 5. The summed E-state index contributed by atoms with van der Waals surface area (Å²) < 4.78 is 0. The highest BCUT2D eigenvalue weighted by molar-refractivity contribution is 7.13. The predicted molar refractivity (Wildman–Crippen MR) is 141 cm³/mol. The highest BCUT2D eigenvalue weighted by Crippen LogP contribution is 2.32. The average molecular weight is 468 g/mol. The van der Waals surface area contributed by atoms with Crippen molar-refractivity contribution in [1.29, 1.82) is 0 Å². The van der Waals surface area contributed by atoms with Gasteiger partial charge in [-0.05, 0) is 67.9 Å². The number of rotatable bonds is 7. The molecule has 5 rings (SSSR count). The number of allylic oxidation sites excluding steroid dienone is 3. The third kappa shape index (κ3) is 4.09. The Morgan fingerprint density at radius 3 is 2.79 bits per heavy atom. The van der Waals surface area contributed by atoms with E-state index in [0.29, 0.717) is 17.2 Å². The Kier molecular flexibility index (Phi) is 5.91. The van der Waals surface area contributed by atoms with Crippen LogP contribution in [0.25, 0.3) is 49.7 Å². The summed E-state index contributed by atoms with van der Waals surface area (Å²) in [6.45, 7) is 6.78. The zero-order chi connectivity index (χ0) is 23.7. The van der Waals surface area contributed by atoms with Crippen molar-refractivity contribution >= 4 is 39.1 Å². The van der Waals surface area contributed by atoms with Crippen molar-refractivity contribution < 1.29 is 0 Å². The minimum atomic E-state index is 0.638. The van der Waals surface area contributed by atoms with Crippen LogP contribution in [-0.2, 0) is 0 Å². The van der Waals surface area contributed by atoms with E-state index in [1.807, 2.05) is 51.4 Å². The Bertz CT molecular complexity index is 1530. The molecule has 0 aliphatic rings. The van der Waals surface area contributed by atoms with Gasteiger partial charge in [-0.15, -0.1) is 11.3 Å². The third-order valence-corrected chi connectivity index (χ3v) is 6.42. The maximum atomic E-state index is 4.96. The summed E-state index contributed by atoms with van der Waals surface area (Å²) >= 11 is 1.69. The van der Waals surface area contributed by atoms with E-state index in [1.54, 1.807) is 17.5 Å². The van der Waals surface area contributed by atoms with Crippen molar-refractivity contribution in [2.75, 3.05) is 20.6 Å². The molecule has 0 amide bonds. The molecule has 170 valence electrons. The first kappa shape index (κ1) is 21.9. The highest BCUT2D eigenvalue weighted by Gasteiger charge is 2.17. The summed E-state index contributed by atoms with van der Waals surface area (Å²) in [5.41, 5.74) is 7.92. The number of aromatic nitrogens is 6. The summed E-state index contributed by atoms with van der Waals surface area (Å²) in [4.78, 5) is 20.9. The van der Waals surface area contributed by atoms with Crippen LogP contribution in [0.15, 0.2) is 72.3 Å². The number of imidazole rings is 1. The van der Waals surface area contributed by atoms with Gasteiger partial charge in [-0.1, -0.05) is 24.8 Å². The van der Waals surface area contributed by atoms with Crippen molar-refractivity contribution in [2.45, 2.75) is 6.92 Å². The van der Waals surface area contributed by atoms with Gasteiger partial charge in [0.15, 0.2) is 17.2 Å². The summed E-state index contributed by atoms with van der Waals surface area (Å²) in [5.74, 6) is 0.638. The molecule has 5 aromatic rings. The molecule has 0 bridgehead atoms. The summed E-state index contributed by atoms with van der Waals surface area (Å²) in [7, 11) is 4.08. The average Bonchev–Trinajstić information content (AvgIpc) is 3.59. The SMILES string of the molecule is C=C/C(=C\C(=C/C)c1ccc2[nH]nc(-c3nc4nccc(-c5cccs5)c4[nH]3)c2n1)CN(C)C. The quantitative estimate of drug-likeness (QED) is 0.300. The van der Waals surface area contributed by atoms with Crippen molar-refractivity contribution in [3.8, 4) is 22.0 Å². The number of aromatic amines is 2. The Balaban J connectivity index is 1.59. The van der Waals surface area contributed by atoms with Gasteiger partial charge in [-0.25, -0.2) is 15.0 Å². The van der Waals surface area contributed by atoms with Crippen LogP contribution in [0.5, 0.6) is 0 Å². The third-order valence-electron chi connectivity index (χ3n) is 5.52. The van der Waals surface area contributed by atoms with Crippen molar-refractivity contribution in [2.24, 2.45) is 0 Å². The number of thiophene rings is 1. The lowest BCUT2D eigenvalue weighted by Crippen LogP contribution is -2.14. The molecular formula is C26H25N7S. The predicted octanol–water partition coefficient (Wildman–Crippen LogP) is 5.70. The van der Waals surface area contributed by atoms with Gasteiger partial charge < -0.3 is 9.88 Å². The fraction of sp³-hybridized carbons (Fsp3) is 0.154. The van der Waals surface area contributed by atoms with Gasteiger partial charge in [-0.3, -0.25) is 5.10 Å². The summed E-state index contributed by atoms with van der Waals surface area (Å²) in [5, 5.41) is 9.68. The first-order chi connectivity index (χ1) is 16.6. The van der Waals surface area contributed by atoms with Crippen LogP contribution in [0, 0.1) is 0 Å². The van der Waals surface area contributed by atoms with E-state index in [2.05, 4.69) is 55.2 Å². The molecule has 0 saturated heterocycles. The second-order valence-electron chi connectivity index (χ2n) is 8.19. The van der Waals surface area contributed by atoms with Crippen LogP contribution in [-0.4, -0.2) is 55.7 Å². The molecule has 2 N–H and O–H groups in total. The first-order valence-corrected chi connectivity index (χ1v) is 11.8. The Labute approximate surface area is 201 Å². The van der Waals surface area contributed by atoms with E-state index >= 15 is 0 Å². The van der Waals surface area contributed by atoms with E-state index < -0.39 is 0 Å². The Morgan fingerprint density at radius 1 is 1.18 bits per heavy atom. The molecule has 0 aromatic carbocycles. The molecule has 0 aliphatic carbocycles. The molecule has 0 radical (unpaired) electrons. The number of nitrogens with one attached hydrogen (secondary N) is 2. The molecule has 0 saturated carbocycles. The minimum Gasteiger partial charge on any atom is -0.335 e. The number of pyridine rings is 2. The van der Waals surface area contributed by atoms with Crippen LogP contribution < -0.4 is 0 Å². The maximum absolute atomic E-state index is 4.96. The monoisotopic (exact) mass is 467 g/mol. The van der Waals surface area contributed by atoms with E-state index in [9.17, 15) is 0 Å². The summed E-state index contributed by atoms with van der Waals surface area (Å²) in [6, 6.07) is 10.1. The lowest BCUT2D eigenvalue weighted by atomic mass is 10.1. The Hall–Kier alpha value is -3.88. The molecule has 5 aromatic heterocycles. The van der Waals surface area contributed by atoms with Crippen LogP contribution in [0.4, 0.5) is 0 Å². The summed E-state index contributed by atoms with van der Waals surface area (Å²) in [6.07, 6.45) is 7.86. The number of hydrogen-bond acceptors (Lipinski definition) is 6. The number of hydrogen-bond donors (Lipinski definition) is 2. The van der Waals surface area contributed by atoms with Gasteiger partial charge >= 0.3 is 0 Å². The lowest BCUT2D eigenvalue weighted by molar-refractivity contribution is 0.449. The van der Waals surface area contributed by atoms with Gasteiger partial charge in [0.2, 0.25) is 0 Å². The van der Waals surface area contributed by atoms with E-state index in [-0.39, 0.29) is 0 Å². The van der Waals surface area contributed by atoms with Gasteiger partial charge in [0.25, 0.3) is 0 Å². The fourth-order valence-electron chi connectivity index (χ4n) is 3.92. The van der Waals surface area contributed by atoms with Crippen molar-refractivity contribution in [3.05, 3.63) is 78.0 Å². The minimum absolute atomic E-state index is 0.638. The molecular weight excluding hydrogens is 442 g/mol. The topological polar surface area (TPSA) is 86.4 Å². The molecule has 8 heteroatoms. The fourth-order valence-corrected chi connectivity index (χ4v) is 4.68. The largest absolute Gasteiger partial charge is 0.335 e. The molecule has 0 fully saturated rings. The molecule has 0 spiro atoms. The smallest absolute Gasteiger partial charge is 0.178 e. The van der Waals surface area contributed by atoms with Crippen LogP contribution in [0.1, 0.15) is 12.6 Å². The van der Waals surface area contributed by atoms with Gasteiger partial charge in [-0.2, -0.15) is 5.10 Å². The molecule has 0 atom stereocenters. The van der Waals surface area contributed by atoms with E-state index in [1.165, 1.54) is 0 Å². The number of H-pyrrole nitrogens is 2. The zero-order valence-corrected chi connectivity index (χ0v) is 20.1. The first-order valence-electron chi connectivity index (χ1n) is 11.0. The number of likely N-dealkylation sites (N-methyl/N-ethyl adjacent to an activating group) is 1. The van der Waals surface area contributed by atoms with Gasteiger partial charge in [0.05, 0.1) is 16.7 Å². The van der Waals surface area contributed by atoms with Gasteiger partial charge in [0, 0.05) is 23.2 Å². The normalized spacial score (nSPS) is 12.8. The molecule has 0 unspecified atom stereocenters. The van der Waals surface area contributed by atoms with E-state index in [4.69, 9.17) is 9.97 Å². The highest BCUT2D eigenvalue weighted by atomic mass is 32.1. The van der Waals surface area contributed by atoms with Gasteiger partial charge in [0.1, 0.15) is 5.52 Å². The molecule has 34 heavy (non-hydrogen) atoms. The molecule has 5 heterocycles. The second kappa shape index (κ2) is 9.17. The molecule has 0 aliphatic heterocycles. The van der Waals surface area contributed by atoms with Crippen molar-refractivity contribution in [3.63, 3.8) is 0 Å². The van der Waals surface area contributed by atoms with Crippen LogP contribution >= 0.6 is 11.3 Å². The lowest BCUT2D eigenvalue weighted by Gasteiger charge is -2.11. The second-order valence-corrected chi connectivity index (χ2v) is 9.14. The maximum Gasteiger partial charge on any atom is 0.178 e. The van der Waals surface area contributed by atoms with Crippen molar-refractivity contribution in [1.82, 2.24) is 35.0 Å².